The van der Waals surface area contributed by atoms with Gasteiger partial charge in [0, 0.05) is 6.92 Å². The zero-order chi connectivity index (χ0) is 27.1. The molecular formula is C23H31ClO13. The van der Waals surface area contributed by atoms with Crippen molar-refractivity contribution >= 4 is 23.5 Å². The number of hydrogen-bond donors (Lipinski definition) is 5. The van der Waals surface area contributed by atoms with Crippen LogP contribution in [-0.2, 0) is 44.6 Å². The standard InChI is InChI=1S/C23H31ClO13/c1-11(26)32-10-14-16(28)17(29)21(36-15(27)7-24)23(35-14)37-20-13(8-25)34-22(19(31)18(20)30)33-9-12-5-3-2-4-6-12/h2-6,13-14,16-23,25,28-31H,7-10H2,1H3/t13-,14-,16+,17+,18-,19-,20-,21-,22-,23+/m1/s1. The number of carbonyl (C=O) groups is 2. The van der Waals surface area contributed by atoms with E-state index in [1.165, 1.54) is 0 Å². The lowest BCUT2D eigenvalue weighted by Crippen LogP contribution is -2.65. The van der Waals surface area contributed by atoms with Gasteiger partial charge in [0.2, 0.25) is 0 Å². The molecule has 0 aromatic heterocycles. The average molecular weight is 551 g/mol. The number of benzene rings is 1. The summed E-state index contributed by atoms with van der Waals surface area (Å²) in [5, 5.41) is 52.3. The molecule has 5 N–H and O–H groups in total. The lowest BCUT2D eigenvalue weighted by Gasteiger charge is -2.46. The number of hydrogen-bond acceptors (Lipinski definition) is 13. The molecule has 14 heteroatoms. The predicted molar refractivity (Wildman–Crippen MR) is 122 cm³/mol. The molecule has 208 valence electrons. The molecule has 0 radical (unpaired) electrons. The third-order valence-corrected chi connectivity index (χ3v) is 6.06. The van der Waals surface area contributed by atoms with Gasteiger partial charge >= 0.3 is 11.9 Å². The maximum Gasteiger partial charge on any atom is 0.321 e. The second kappa shape index (κ2) is 13.8. The number of aliphatic hydroxyl groups is 5. The molecule has 0 aliphatic carbocycles. The van der Waals surface area contributed by atoms with Crippen LogP contribution in [0.1, 0.15) is 12.5 Å². The second-order valence-electron chi connectivity index (χ2n) is 8.52. The van der Waals surface area contributed by atoms with E-state index in [1.54, 1.807) is 24.3 Å². The van der Waals surface area contributed by atoms with Crippen molar-refractivity contribution in [2.75, 3.05) is 19.1 Å². The minimum absolute atomic E-state index is 0.0447. The fourth-order valence-electron chi connectivity index (χ4n) is 3.93. The summed E-state index contributed by atoms with van der Waals surface area (Å²) < 4.78 is 32.5. The van der Waals surface area contributed by atoms with Crippen molar-refractivity contribution in [3.05, 3.63) is 35.9 Å². The van der Waals surface area contributed by atoms with Crippen molar-refractivity contribution in [1.82, 2.24) is 0 Å². The van der Waals surface area contributed by atoms with Gasteiger partial charge in [-0.25, -0.2) is 0 Å². The molecule has 2 heterocycles. The summed E-state index contributed by atoms with van der Waals surface area (Å²) in [7, 11) is 0. The van der Waals surface area contributed by atoms with Crippen molar-refractivity contribution in [2.45, 2.75) is 74.9 Å². The fourth-order valence-corrected chi connectivity index (χ4v) is 3.99. The molecule has 0 spiro atoms. The van der Waals surface area contributed by atoms with Gasteiger partial charge in [-0.1, -0.05) is 30.3 Å². The van der Waals surface area contributed by atoms with E-state index < -0.39 is 92.4 Å². The highest BCUT2D eigenvalue weighted by atomic mass is 35.5. The first-order valence-electron chi connectivity index (χ1n) is 11.5. The monoisotopic (exact) mass is 550 g/mol. The van der Waals surface area contributed by atoms with E-state index in [4.69, 9.17) is 40.0 Å². The molecule has 0 amide bonds. The normalized spacial score (nSPS) is 36.1. The quantitative estimate of drug-likeness (QED) is 0.162. The molecule has 0 bridgehead atoms. The van der Waals surface area contributed by atoms with Crippen LogP contribution >= 0.6 is 11.6 Å². The van der Waals surface area contributed by atoms with Gasteiger partial charge < -0.3 is 54.0 Å². The summed E-state index contributed by atoms with van der Waals surface area (Å²) >= 11 is 5.49. The van der Waals surface area contributed by atoms with E-state index in [0.29, 0.717) is 0 Å². The zero-order valence-corrected chi connectivity index (χ0v) is 20.6. The van der Waals surface area contributed by atoms with Crippen molar-refractivity contribution < 1.29 is 63.5 Å². The first-order chi connectivity index (χ1) is 17.7. The topological polar surface area (TPSA) is 191 Å². The third kappa shape index (κ3) is 7.57. The second-order valence-corrected chi connectivity index (χ2v) is 8.79. The van der Waals surface area contributed by atoms with E-state index in [9.17, 15) is 35.1 Å². The predicted octanol–water partition coefficient (Wildman–Crippen LogP) is -1.81. The van der Waals surface area contributed by atoms with Crippen LogP contribution in [0.25, 0.3) is 0 Å². The van der Waals surface area contributed by atoms with E-state index >= 15 is 0 Å². The number of aliphatic hydroxyl groups excluding tert-OH is 5. The molecule has 3 rings (SSSR count). The first kappa shape index (κ1) is 29.6. The van der Waals surface area contributed by atoms with E-state index in [1.807, 2.05) is 6.07 Å². The number of rotatable bonds is 10. The molecule has 1 aromatic carbocycles. The van der Waals surface area contributed by atoms with Crippen LogP contribution in [0.4, 0.5) is 0 Å². The van der Waals surface area contributed by atoms with Crippen LogP contribution in [0.15, 0.2) is 30.3 Å². The molecule has 10 atom stereocenters. The van der Waals surface area contributed by atoms with Crippen LogP contribution in [0.3, 0.4) is 0 Å². The Kier molecular flexibility index (Phi) is 11.0. The zero-order valence-electron chi connectivity index (χ0n) is 19.9. The van der Waals surface area contributed by atoms with E-state index in [0.717, 1.165) is 12.5 Å². The Hall–Kier alpha value is -1.91. The maximum absolute atomic E-state index is 11.8. The number of carbonyl (C=O) groups excluding carboxylic acids is 2. The smallest absolute Gasteiger partial charge is 0.321 e. The highest BCUT2D eigenvalue weighted by Gasteiger charge is 2.52. The molecule has 2 aliphatic heterocycles. The lowest BCUT2D eigenvalue weighted by atomic mass is 9.97. The van der Waals surface area contributed by atoms with Crippen LogP contribution in [-0.4, -0.2) is 118 Å². The van der Waals surface area contributed by atoms with Gasteiger partial charge in [0.15, 0.2) is 18.7 Å². The van der Waals surface area contributed by atoms with Crippen molar-refractivity contribution in [1.29, 1.82) is 0 Å². The molecule has 0 saturated carbocycles. The van der Waals surface area contributed by atoms with E-state index in [2.05, 4.69) is 0 Å². The minimum atomic E-state index is -1.77. The lowest BCUT2D eigenvalue weighted by molar-refractivity contribution is -0.360. The molecule has 37 heavy (non-hydrogen) atoms. The maximum atomic E-state index is 11.8. The first-order valence-corrected chi connectivity index (χ1v) is 12.0. The Morgan fingerprint density at radius 1 is 0.919 bits per heavy atom. The van der Waals surface area contributed by atoms with Gasteiger partial charge in [0.05, 0.1) is 13.2 Å². The van der Waals surface area contributed by atoms with Gasteiger partial charge in [0.1, 0.15) is 55.2 Å². The van der Waals surface area contributed by atoms with Gasteiger partial charge in [-0.2, -0.15) is 0 Å². The van der Waals surface area contributed by atoms with E-state index in [-0.39, 0.29) is 6.61 Å². The fraction of sp³-hybridized carbons (Fsp3) is 0.652. The largest absolute Gasteiger partial charge is 0.463 e. The number of halogens is 1. The summed E-state index contributed by atoms with van der Waals surface area (Å²) in [6.07, 6.45) is -15.4. The highest BCUT2D eigenvalue weighted by Crippen LogP contribution is 2.31. The van der Waals surface area contributed by atoms with Gasteiger partial charge in [0.25, 0.3) is 0 Å². The third-order valence-electron chi connectivity index (χ3n) is 5.84. The number of ether oxygens (including phenoxy) is 6. The Morgan fingerprint density at radius 2 is 1.57 bits per heavy atom. The molecule has 0 unspecified atom stereocenters. The summed E-state index contributed by atoms with van der Waals surface area (Å²) in [6, 6.07) is 8.99. The summed E-state index contributed by atoms with van der Waals surface area (Å²) in [4.78, 5) is 23.0. The summed E-state index contributed by atoms with van der Waals surface area (Å²) in [5.41, 5.74) is 0.776. The van der Waals surface area contributed by atoms with Crippen molar-refractivity contribution in [2.24, 2.45) is 0 Å². The molecule has 2 fully saturated rings. The van der Waals surface area contributed by atoms with Crippen LogP contribution in [0.2, 0.25) is 0 Å². The molecule has 1 aromatic rings. The summed E-state index contributed by atoms with van der Waals surface area (Å²) in [5.74, 6) is -2.24. The Balaban J connectivity index is 1.75. The average Bonchev–Trinajstić information content (AvgIpc) is 2.89. The van der Waals surface area contributed by atoms with Crippen LogP contribution in [0.5, 0.6) is 0 Å². The number of esters is 2. The molecule has 2 aliphatic rings. The van der Waals surface area contributed by atoms with Gasteiger partial charge in [-0.05, 0) is 5.56 Å². The Bertz CT molecular complexity index is 871. The highest BCUT2D eigenvalue weighted by molar-refractivity contribution is 6.26. The molecular weight excluding hydrogens is 520 g/mol. The van der Waals surface area contributed by atoms with Gasteiger partial charge in [-0.15, -0.1) is 11.6 Å². The van der Waals surface area contributed by atoms with Crippen molar-refractivity contribution in [3.63, 3.8) is 0 Å². The minimum Gasteiger partial charge on any atom is -0.463 e. The Morgan fingerprint density at radius 3 is 2.19 bits per heavy atom. The summed E-state index contributed by atoms with van der Waals surface area (Å²) in [6.45, 7) is 0.0162. The van der Waals surface area contributed by atoms with Gasteiger partial charge in [-0.3, -0.25) is 9.59 Å². The van der Waals surface area contributed by atoms with Crippen LogP contribution in [0, 0.1) is 0 Å². The Labute approximate surface area is 217 Å². The van der Waals surface area contributed by atoms with Crippen LogP contribution < -0.4 is 0 Å². The SMILES string of the molecule is CC(=O)OC[C@H]1O[C@@H](O[C@H]2[C@H](O)[C@@H](O)[C@H](OCc3ccccc3)O[C@@H]2CO)[C@H](OC(=O)CCl)[C@@H](O)[C@H]1O. The van der Waals surface area contributed by atoms with Crippen molar-refractivity contribution in [3.8, 4) is 0 Å². The number of alkyl halides is 1. The molecule has 2 saturated heterocycles. The molecule has 13 nitrogen and oxygen atoms in total.